The van der Waals surface area contributed by atoms with Crippen LogP contribution in [-0.4, -0.2) is 44.4 Å². The summed E-state index contributed by atoms with van der Waals surface area (Å²) in [5.41, 5.74) is 0.991. The summed E-state index contributed by atoms with van der Waals surface area (Å²) in [6.45, 7) is 0.356. The van der Waals surface area contributed by atoms with Gasteiger partial charge in [-0.2, -0.15) is 13.2 Å². The predicted molar refractivity (Wildman–Crippen MR) is 70.8 cm³/mol. The summed E-state index contributed by atoms with van der Waals surface area (Å²) in [4.78, 5) is 1.71. The highest BCUT2D eigenvalue weighted by Crippen LogP contribution is 2.34. The van der Waals surface area contributed by atoms with Gasteiger partial charge < -0.3 is 10.1 Å². The first-order valence-corrected chi connectivity index (χ1v) is 6.58. The Morgan fingerprint density at radius 1 is 1.35 bits per heavy atom. The Hall–Kier alpha value is -1.27. The zero-order valence-electron chi connectivity index (χ0n) is 11.6. The van der Waals surface area contributed by atoms with Gasteiger partial charge in [-0.1, -0.05) is 18.2 Å². The van der Waals surface area contributed by atoms with Gasteiger partial charge in [0.25, 0.3) is 0 Å². The largest absolute Gasteiger partial charge is 0.492 e. The van der Waals surface area contributed by atoms with Crippen molar-refractivity contribution in [2.75, 3.05) is 27.2 Å². The summed E-state index contributed by atoms with van der Waals surface area (Å²) >= 11 is 0. The molecule has 1 aliphatic heterocycles. The smallest absolute Gasteiger partial charge is 0.390 e. The molecule has 0 spiro atoms. The molecule has 0 saturated carbocycles. The van der Waals surface area contributed by atoms with E-state index in [0.717, 1.165) is 11.3 Å². The van der Waals surface area contributed by atoms with Crippen LogP contribution in [0.4, 0.5) is 13.2 Å². The number of benzene rings is 1. The van der Waals surface area contributed by atoms with E-state index in [0.29, 0.717) is 6.61 Å². The van der Waals surface area contributed by atoms with Crippen LogP contribution in [0.15, 0.2) is 24.3 Å². The lowest BCUT2D eigenvalue weighted by Crippen LogP contribution is -2.48. The molecule has 20 heavy (non-hydrogen) atoms. The van der Waals surface area contributed by atoms with E-state index >= 15 is 0 Å². The molecule has 112 valence electrons. The van der Waals surface area contributed by atoms with Crippen LogP contribution in [0.1, 0.15) is 18.0 Å². The quantitative estimate of drug-likeness (QED) is 0.921. The molecule has 6 heteroatoms. The normalized spacial score (nSPS) is 22.5. The molecule has 1 heterocycles. The number of fused-ring (bicyclic) bond motifs is 1. The van der Waals surface area contributed by atoms with Crippen molar-refractivity contribution in [3.63, 3.8) is 0 Å². The third-order valence-electron chi connectivity index (χ3n) is 3.67. The number of para-hydroxylation sites is 1. The highest BCUT2D eigenvalue weighted by molar-refractivity contribution is 5.38. The maximum Gasteiger partial charge on any atom is 0.390 e. The van der Waals surface area contributed by atoms with Gasteiger partial charge in [0.05, 0.1) is 18.5 Å². The standard InChI is InChI=1S/C14H19F3N2O/c1-18-13-10-5-3-4-6-12(10)20-9-11(13)19(2)8-7-14(15,16)17/h3-6,11,13,18H,7-9H2,1-2H3. The van der Waals surface area contributed by atoms with E-state index in [1.165, 1.54) is 0 Å². The van der Waals surface area contributed by atoms with Crippen LogP contribution in [0.2, 0.25) is 0 Å². The van der Waals surface area contributed by atoms with Crippen molar-refractivity contribution < 1.29 is 17.9 Å². The van der Waals surface area contributed by atoms with Gasteiger partial charge in [0.1, 0.15) is 12.4 Å². The maximum atomic E-state index is 12.3. The van der Waals surface area contributed by atoms with Crippen LogP contribution in [0, 0.1) is 0 Å². The lowest BCUT2D eigenvalue weighted by atomic mass is 9.95. The van der Waals surface area contributed by atoms with Crippen molar-refractivity contribution in [3.8, 4) is 5.75 Å². The van der Waals surface area contributed by atoms with Crippen molar-refractivity contribution in [1.29, 1.82) is 0 Å². The summed E-state index contributed by atoms with van der Waals surface area (Å²) in [5, 5.41) is 3.19. The minimum absolute atomic E-state index is 0.0295. The number of hydrogen-bond acceptors (Lipinski definition) is 3. The van der Waals surface area contributed by atoms with E-state index in [2.05, 4.69) is 5.32 Å². The number of alkyl halides is 3. The third kappa shape index (κ3) is 3.43. The summed E-state index contributed by atoms with van der Waals surface area (Å²) in [5.74, 6) is 0.798. The van der Waals surface area contributed by atoms with Crippen LogP contribution in [0.25, 0.3) is 0 Å². The first kappa shape index (κ1) is 15.1. The molecule has 0 aliphatic carbocycles. The lowest BCUT2D eigenvalue weighted by Gasteiger charge is -2.39. The molecule has 1 aromatic carbocycles. The van der Waals surface area contributed by atoms with Crippen LogP contribution < -0.4 is 10.1 Å². The Balaban J connectivity index is 2.09. The molecule has 2 unspecified atom stereocenters. The second-order valence-corrected chi connectivity index (χ2v) is 5.03. The van der Waals surface area contributed by atoms with Crippen molar-refractivity contribution >= 4 is 0 Å². The first-order valence-electron chi connectivity index (χ1n) is 6.58. The maximum absolute atomic E-state index is 12.3. The van der Waals surface area contributed by atoms with Gasteiger partial charge in [0.2, 0.25) is 0 Å². The minimum atomic E-state index is -4.13. The van der Waals surface area contributed by atoms with E-state index in [4.69, 9.17) is 4.74 Å². The molecule has 0 fully saturated rings. The van der Waals surface area contributed by atoms with E-state index in [9.17, 15) is 13.2 Å². The van der Waals surface area contributed by atoms with Gasteiger partial charge in [-0.05, 0) is 20.2 Å². The second kappa shape index (κ2) is 6.01. The summed E-state index contributed by atoms with van der Waals surface area (Å²) < 4.78 is 42.6. The van der Waals surface area contributed by atoms with Crippen LogP contribution >= 0.6 is 0 Å². The highest BCUT2D eigenvalue weighted by Gasteiger charge is 2.34. The zero-order chi connectivity index (χ0) is 14.8. The second-order valence-electron chi connectivity index (χ2n) is 5.03. The Bertz CT molecular complexity index is 450. The molecule has 0 bridgehead atoms. The molecule has 3 nitrogen and oxygen atoms in total. The van der Waals surface area contributed by atoms with Gasteiger partial charge in [0, 0.05) is 12.1 Å². The van der Waals surface area contributed by atoms with Crippen LogP contribution in [0.5, 0.6) is 5.75 Å². The Kier molecular flexibility index (Phi) is 4.55. The average molecular weight is 288 g/mol. The average Bonchev–Trinajstić information content (AvgIpc) is 2.42. The number of nitrogens with one attached hydrogen (secondary N) is 1. The van der Waals surface area contributed by atoms with Crippen molar-refractivity contribution in [2.24, 2.45) is 0 Å². The van der Waals surface area contributed by atoms with Crippen LogP contribution in [0.3, 0.4) is 0 Å². The van der Waals surface area contributed by atoms with E-state index in [1.807, 2.05) is 31.3 Å². The molecule has 0 aromatic heterocycles. The summed E-state index contributed by atoms with van der Waals surface area (Å²) in [6.07, 6.45) is -4.94. The minimum Gasteiger partial charge on any atom is -0.492 e. The first-order chi connectivity index (χ1) is 9.42. The summed E-state index contributed by atoms with van der Waals surface area (Å²) in [6, 6.07) is 7.48. The van der Waals surface area contributed by atoms with Crippen LogP contribution in [-0.2, 0) is 0 Å². The van der Waals surface area contributed by atoms with Gasteiger partial charge in [-0.15, -0.1) is 0 Å². The molecule has 2 atom stereocenters. The highest BCUT2D eigenvalue weighted by atomic mass is 19.4. The fraction of sp³-hybridized carbons (Fsp3) is 0.571. The number of likely N-dealkylation sites (N-methyl/N-ethyl adjacent to an activating group) is 2. The van der Waals surface area contributed by atoms with E-state index in [-0.39, 0.29) is 18.6 Å². The van der Waals surface area contributed by atoms with Gasteiger partial charge in [-0.3, -0.25) is 4.90 Å². The monoisotopic (exact) mass is 288 g/mol. The summed E-state index contributed by atoms with van der Waals surface area (Å²) in [7, 11) is 3.52. The van der Waals surface area contributed by atoms with Crippen molar-refractivity contribution in [3.05, 3.63) is 29.8 Å². The SMILES string of the molecule is CNC1c2ccccc2OCC1N(C)CCC(F)(F)F. The van der Waals surface area contributed by atoms with E-state index in [1.54, 1.807) is 11.9 Å². The van der Waals surface area contributed by atoms with Crippen molar-refractivity contribution in [2.45, 2.75) is 24.7 Å². The molecule has 1 aromatic rings. The van der Waals surface area contributed by atoms with E-state index < -0.39 is 12.6 Å². The molecular formula is C14H19F3N2O. The number of ether oxygens (including phenoxy) is 1. The van der Waals surface area contributed by atoms with Gasteiger partial charge >= 0.3 is 6.18 Å². The molecule has 1 aliphatic rings. The predicted octanol–water partition coefficient (Wildman–Crippen LogP) is 2.59. The van der Waals surface area contributed by atoms with Gasteiger partial charge in [-0.25, -0.2) is 0 Å². The molecule has 2 rings (SSSR count). The molecule has 0 saturated heterocycles. The molecular weight excluding hydrogens is 269 g/mol. The number of rotatable bonds is 4. The fourth-order valence-electron chi connectivity index (χ4n) is 2.55. The topological polar surface area (TPSA) is 24.5 Å². The molecule has 0 radical (unpaired) electrons. The lowest BCUT2D eigenvalue weighted by molar-refractivity contribution is -0.139. The van der Waals surface area contributed by atoms with Crippen molar-refractivity contribution in [1.82, 2.24) is 10.2 Å². The number of nitrogens with zero attached hydrogens (tertiary/aromatic N) is 1. The molecule has 0 amide bonds. The fourth-order valence-corrected chi connectivity index (χ4v) is 2.55. The Morgan fingerprint density at radius 3 is 2.70 bits per heavy atom. The van der Waals surface area contributed by atoms with Gasteiger partial charge in [0.15, 0.2) is 0 Å². The third-order valence-corrected chi connectivity index (χ3v) is 3.67. The zero-order valence-corrected chi connectivity index (χ0v) is 11.6. The molecule has 1 N–H and O–H groups in total. The Labute approximate surface area is 116 Å². The number of halogens is 3. The Morgan fingerprint density at radius 2 is 2.05 bits per heavy atom. The number of hydrogen-bond donors (Lipinski definition) is 1.